The number of methoxy groups -OCH3 is 1. The van der Waals surface area contributed by atoms with E-state index in [1.54, 1.807) is 7.11 Å². The lowest BCUT2D eigenvalue weighted by Gasteiger charge is -2.11. The molecule has 1 heterocycles. The molecule has 2 aromatic carbocycles. The van der Waals surface area contributed by atoms with Crippen LogP contribution in [0.5, 0.6) is 5.75 Å². The zero-order valence-electron chi connectivity index (χ0n) is 11.7. The Bertz CT molecular complexity index is 780. The summed E-state index contributed by atoms with van der Waals surface area (Å²) >= 11 is 3.50. The van der Waals surface area contributed by atoms with E-state index in [-0.39, 0.29) is 6.61 Å². The van der Waals surface area contributed by atoms with Crippen LogP contribution in [0.4, 0.5) is 0 Å². The third-order valence-electron chi connectivity index (χ3n) is 3.62. The fourth-order valence-corrected chi connectivity index (χ4v) is 3.04. The number of hydrogen-bond acceptors (Lipinski definition) is 2. The van der Waals surface area contributed by atoms with Crippen molar-refractivity contribution < 1.29 is 9.84 Å². The van der Waals surface area contributed by atoms with Crippen molar-refractivity contribution in [2.45, 2.75) is 13.2 Å². The fraction of sp³-hybridized carbons (Fsp3) is 0.176. The van der Waals surface area contributed by atoms with Gasteiger partial charge in [-0.25, -0.2) is 0 Å². The third kappa shape index (κ3) is 2.69. The summed E-state index contributed by atoms with van der Waals surface area (Å²) in [5, 5.41) is 10.6. The number of benzene rings is 2. The quantitative estimate of drug-likeness (QED) is 0.776. The fourth-order valence-electron chi connectivity index (χ4n) is 2.63. The normalized spacial score (nSPS) is 11.0. The molecule has 0 fully saturated rings. The molecule has 0 aliphatic rings. The van der Waals surface area contributed by atoms with E-state index in [9.17, 15) is 5.11 Å². The highest BCUT2D eigenvalue weighted by Gasteiger charge is 2.10. The molecular weight excluding hydrogens is 330 g/mol. The van der Waals surface area contributed by atoms with Crippen LogP contribution in [0, 0.1) is 0 Å². The maximum Gasteiger partial charge on any atom is 0.123 e. The van der Waals surface area contributed by atoms with Crippen molar-refractivity contribution in [1.82, 2.24) is 4.57 Å². The lowest BCUT2D eigenvalue weighted by Crippen LogP contribution is -2.00. The van der Waals surface area contributed by atoms with Gasteiger partial charge >= 0.3 is 0 Å². The molecule has 1 aromatic heterocycles. The highest BCUT2D eigenvalue weighted by atomic mass is 79.9. The van der Waals surface area contributed by atoms with E-state index in [4.69, 9.17) is 4.74 Å². The molecule has 0 bridgehead atoms. The van der Waals surface area contributed by atoms with E-state index in [0.717, 1.165) is 32.3 Å². The Labute approximate surface area is 131 Å². The van der Waals surface area contributed by atoms with E-state index in [1.807, 2.05) is 36.5 Å². The molecule has 21 heavy (non-hydrogen) atoms. The standard InChI is InChI=1S/C17H16BrNO2/c1-21-17-7-6-14(18)8-12(17)9-19-10-13(11-20)15-4-2-3-5-16(15)19/h2-8,10,20H,9,11H2,1H3. The maximum absolute atomic E-state index is 9.51. The first-order valence-electron chi connectivity index (χ1n) is 6.73. The second kappa shape index (κ2) is 5.92. The van der Waals surface area contributed by atoms with Gasteiger partial charge in [0.1, 0.15) is 5.75 Å². The van der Waals surface area contributed by atoms with Crippen LogP contribution >= 0.6 is 15.9 Å². The summed E-state index contributed by atoms with van der Waals surface area (Å²) in [5.41, 5.74) is 3.15. The Morgan fingerprint density at radius 3 is 2.71 bits per heavy atom. The molecule has 0 unspecified atom stereocenters. The van der Waals surface area contributed by atoms with Gasteiger partial charge in [0, 0.05) is 32.7 Å². The van der Waals surface area contributed by atoms with E-state index < -0.39 is 0 Å². The van der Waals surface area contributed by atoms with E-state index in [0.29, 0.717) is 6.54 Å². The smallest absolute Gasteiger partial charge is 0.123 e. The first-order chi connectivity index (χ1) is 10.2. The topological polar surface area (TPSA) is 34.4 Å². The van der Waals surface area contributed by atoms with Crippen molar-refractivity contribution >= 4 is 26.8 Å². The number of para-hydroxylation sites is 1. The van der Waals surface area contributed by atoms with Gasteiger partial charge in [0.15, 0.2) is 0 Å². The zero-order chi connectivity index (χ0) is 14.8. The number of aliphatic hydroxyl groups excluding tert-OH is 1. The third-order valence-corrected chi connectivity index (χ3v) is 4.12. The Morgan fingerprint density at radius 2 is 1.95 bits per heavy atom. The number of rotatable bonds is 4. The van der Waals surface area contributed by atoms with Crippen LogP contribution < -0.4 is 4.74 Å². The SMILES string of the molecule is COc1ccc(Br)cc1Cn1cc(CO)c2ccccc21. The average Bonchev–Trinajstić information content (AvgIpc) is 2.86. The van der Waals surface area contributed by atoms with Crippen LogP contribution in [-0.2, 0) is 13.2 Å². The first kappa shape index (κ1) is 14.2. The van der Waals surface area contributed by atoms with Crippen LogP contribution in [0.3, 0.4) is 0 Å². The zero-order valence-corrected chi connectivity index (χ0v) is 13.3. The molecule has 0 amide bonds. The second-order valence-corrected chi connectivity index (χ2v) is 5.83. The number of halogens is 1. The van der Waals surface area contributed by atoms with Gasteiger partial charge in [-0.05, 0) is 24.3 Å². The molecule has 3 nitrogen and oxygen atoms in total. The molecule has 0 atom stereocenters. The molecule has 108 valence electrons. The van der Waals surface area contributed by atoms with Crippen LogP contribution in [0.25, 0.3) is 10.9 Å². The van der Waals surface area contributed by atoms with Crippen molar-refractivity contribution in [3.63, 3.8) is 0 Å². The van der Waals surface area contributed by atoms with Crippen LogP contribution in [0.2, 0.25) is 0 Å². The van der Waals surface area contributed by atoms with E-state index >= 15 is 0 Å². The molecule has 0 saturated heterocycles. The molecule has 1 N–H and O–H groups in total. The van der Waals surface area contributed by atoms with Gasteiger partial charge in [-0.2, -0.15) is 0 Å². The minimum Gasteiger partial charge on any atom is -0.496 e. The Kier molecular flexibility index (Phi) is 3.99. The molecule has 0 saturated carbocycles. The maximum atomic E-state index is 9.51. The predicted octanol–water partition coefficient (Wildman–Crippen LogP) is 3.95. The van der Waals surface area contributed by atoms with Gasteiger partial charge in [0.2, 0.25) is 0 Å². The molecule has 4 heteroatoms. The largest absolute Gasteiger partial charge is 0.496 e. The van der Waals surface area contributed by atoms with E-state index in [1.165, 1.54) is 0 Å². The number of fused-ring (bicyclic) bond motifs is 1. The Balaban J connectivity index is 2.08. The van der Waals surface area contributed by atoms with Gasteiger partial charge in [-0.1, -0.05) is 34.1 Å². The monoisotopic (exact) mass is 345 g/mol. The van der Waals surface area contributed by atoms with Gasteiger partial charge in [-0.3, -0.25) is 0 Å². The molecule has 0 spiro atoms. The van der Waals surface area contributed by atoms with Crippen LogP contribution in [-0.4, -0.2) is 16.8 Å². The van der Waals surface area contributed by atoms with Crippen LogP contribution in [0.15, 0.2) is 53.1 Å². The predicted molar refractivity (Wildman–Crippen MR) is 87.7 cm³/mol. The number of ether oxygens (including phenoxy) is 1. The summed E-state index contributed by atoms with van der Waals surface area (Å²) < 4.78 is 8.60. The van der Waals surface area contributed by atoms with Gasteiger partial charge in [0.05, 0.1) is 20.3 Å². The highest BCUT2D eigenvalue weighted by Crippen LogP contribution is 2.27. The number of hydrogen-bond donors (Lipinski definition) is 1. The molecule has 0 radical (unpaired) electrons. The van der Waals surface area contributed by atoms with Crippen molar-refractivity contribution in [2.75, 3.05) is 7.11 Å². The molecule has 0 aliphatic carbocycles. The summed E-state index contributed by atoms with van der Waals surface area (Å²) in [6.45, 7) is 0.742. The molecule has 3 aromatic rings. The Morgan fingerprint density at radius 1 is 1.14 bits per heavy atom. The number of aromatic nitrogens is 1. The number of aliphatic hydroxyl groups is 1. The van der Waals surface area contributed by atoms with Crippen molar-refractivity contribution in [3.8, 4) is 5.75 Å². The van der Waals surface area contributed by atoms with Gasteiger partial charge < -0.3 is 14.4 Å². The van der Waals surface area contributed by atoms with E-state index in [2.05, 4.69) is 32.6 Å². The lowest BCUT2D eigenvalue weighted by molar-refractivity contribution is 0.283. The summed E-state index contributed by atoms with van der Waals surface area (Å²) in [6, 6.07) is 14.1. The van der Waals surface area contributed by atoms with Crippen molar-refractivity contribution in [1.29, 1.82) is 0 Å². The number of nitrogens with zero attached hydrogens (tertiary/aromatic N) is 1. The summed E-state index contributed by atoms with van der Waals surface area (Å²) in [4.78, 5) is 0. The first-order valence-corrected chi connectivity index (χ1v) is 7.52. The second-order valence-electron chi connectivity index (χ2n) is 4.91. The Hall–Kier alpha value is -1.78. The summed E-state index contributed by atoms with van der Waals surface area (Å²) in [7, 11) is 1.68. The lowest BCUT2D eigenvalue weighted by atomic mass is 10.2. The molecule has 0 aliphatic heterocycles. The van der Waals surface area contributed by atoms with Crippen molar-refractivity contribution in [3.05, 3.63) is 64.3 Å². The minimum absolute atomic E-state index is 0.0448. The summed E-state index contributed by atoms with van der Waals surface area (Å²) in [5.74, 6) is 0.863. The van der Waals surface area contributed by atoms with Gasteiger partial charge in [-0.15, -0.1) is 0 Å². The van der Waals surface area contributed by atoms with Gasteiger partial charge in [0.25, 0.3) is 0 Å². The van der Waals surface area contributed by atoms with Crippen molar-refractivity contribution in [2.24, 2.45) is 0 Å². The molecular formula is C17H16BrNO2. The average molecular weight is 346 g/mol. The van der Waals surface area contributed by atoms with Crippen LogP contribution in [0.1, 0.15) is 11.1 Å². The summed E-state index contributed by atoms with van der Waals surface area (Å²) in [6.07, 6.45) is 2.00. The highest BCUT2D eigenvalue weighted by molar-refractivity contribution is 9.10. The molecule has 3 rings (SSSR count). The minimum atomic E-state index is 0.0448.